The second-order valence-corrected chi connectivity index (χ2v) is 8.51. The molecule has 24 heavy (non-hydrogen) atoms. The summed E-state index contributed by atoms with van der Waals surface area (Å²) >= 11 is 1.34. The van der Waals surface area contributed by atoms with Crippen LogP contribution in [-0.2, 0) is 10.0 Å². The summed E-state index contributed by atoms with van der Waals surface area (Å²) in [4.78, 5) is 18.0. The highest BCUT2D eigenvalue weighted by Crippen LogP contribution is 2.23. The Balaban J connectivity index is 2.18. The highest BCUT2D eigenvalue weighted by Gasteiger charge is 2.25. The molecule has 0 spiro atoms. The minimum atomic E-state index is -4.04. The molecule has 126 valence electrons. The van der Waals surface area contributed by atoms with E-state index in [9.17, 15) is 13.2 Å². The first-order valence-electron chi connectivity index (χ1n) is 7.29. The van der Waals surface area contributed by atoms with Crippen molar-refractivity contribution in [2.75, 3.05) is 4.72 Å². The summed E-state index contributed by atoms with van der Waals surface area (Å²) in [5, 5.41) is 0. The lowest BCUT2D eigenvalue weighted by atomic mass is 10.1. The Morgan fingerprint density at radius 3 is 2.58 bits per heavy atom. The van der Waals surface area contributed by atoms with Crippen LogP contribution in [0.25, 0.3) is 4.96 Å². The molecular weight excluding hydrogens is 346 g/mol. The third-order valence-electron chi connectivity index (χ3n) is 3.89. The van der Waals surface area contributed by atoms with Crippen molar-refractivity contribution in [3.8, 4) is 0 Å². The molecule has 2 aromatic heterocycles. The number of aryl methyl sites for hydroxylation is 3. The number of sulfonamides is 1. The maximum Gasteiger partial charge on any atom is 0.279 e. The lowest BCUT2D eigenvalue weighted by Crippen LogP contribution is -2.27. The van der Waals surface area contributed by atoms with Gasteiger partial charge in [0.15, 0.2) is 9.86 Å². The summed E-state index contributed by atoms with van der Waals surface area (Å²) < 4.78 is 29.4. The van der Waals surface area contributed by atoms with Crippen LogP contribution in [0, 0.1) is 27.7 Å². The van der Waals surface area contributed by atoms with Crippen LogP contribution < -0.4 is 10.3 Å². The Morgan fingerprint density at radius 2 is 1.88 bits per heavy atom. The van der Waals surface area contributed by atoms with E-state index in [1.807, 2.05) is 26.8 Å². The third-order valence-corrected chi connectivity index (χ3v) is 6.29. The summed E-state index contributed by atoms with van der Waals surface area (Å²) in [6, 6.07) is 5.34. The van der Waals surface area contributed by atoms with Crippen molar-refractivity contribution in [3.63, 3.8) is 0 Å². The highest BCUT2D eigenvalue weighted by molar-refractivity contribution is 7.92. The first kappa shape index (κ1) is 16.7. The maximum absolute atomic E-state index is 12.8. The normalized spacial score (nSPS) is 11.8. The van der Waals surface area contributed by atoms with Crippen molar-refractivity contribution in [3.05, 3.63) is 56.4 Å². The molecule has 0 aliphatic heterocycles. The SMILES string of the molecule is Cc1cn2c(=O)c(S(=O)(=O)Nc3cccc(C)c3C)c(C)nc2s1. The summed E-state index contributed by atoms with van der Waals surface area (Å²) in [5.41, 5.74) is 1.85. The number of aromatic nitrogens is 2. The van der Waals surface area contributed by atoms with Gasteiger partial charge in [0.05, 0.1) is 11.4 Å². The van der Waals surface area contributed by atoms with Crippen LogP contribution in [0.2, 0.25) is 0 Å². The van der Waals surface area contributed by atoms with E-state index in [0.717, 1.165) is 16.0 Å². The number of fused-ring (bicyclic) bond motifs is 1. The average molecular weight is 363 g/mol. The standard InChI is InChI=1S/C16H17N3O3S2/c1-9-6-5-7-13(11(9)3)18-24(21,22)14-12(4)17-16-19(15(14)20)8-10(2)23-16/h5-8,18H,1-4H3. The minimum absolute atomic E-state index is 0.194. The van der Waals surface area contributed by atoms with Crippen LogP contribution >= 0.6 is 11.3 Å². The number of anilines is 1. The quantitative estimate of drug-likeness (QED) is 0.776. The molecule has 8 heteroatoms. The molecule has 3 aromatic rings. The second kappa shape index (κ2) is 5.71. The number of hydrogen-bond donors (Lipinski definition) is 1. The number of thiazole rings is 1. The largest absolute Gasteiger partial charge is 0.279 e. The molecule has 0 saturated heterocycles. The minimum Gasteiger partial charge on any atom is -0.279 e. The van der Waals surface area contributed by atoms with E-state index in [1.54, 1.807) is 18.3 Å². The van der Waals surface area contributed by atoms with Crippen molar-refractivity contribution < 1.29 is 8.42 Å². The number of benzene rings is 1. The summed E-state index contributed by atoms with van der Waals surface area (Å²) in [5.74, 6) is 0. The molecule has 0 bridgehead atoms. The average Bonchev–Trinajstić information content (AvgIpc) is 2.84. The lowest BCUT2D eigenvalue weighted by molar-refractivity contribution is 0.598. The van der Waals surface area contributed by atoms with Crippen molar-refractivity contribution in [2.45, 2.75) is 32.6 Å². The predicted octanol–water partition coefficient (Wildman–Crippen LogP) is 2.79. The fourth-order valence-electron chi connectivity index (χ4n) is 2.50. The van der Waals surface area contributed by atoms with Gasteiger partial charge in [0, 0.05) is 11.1 Å². The van der Waals surface area contributed by atoms with E-state index in [2.05, 4.69) is 9.71 Å². The van der Waals surface area contributed by atoms with Gasteiger partial charge in [-0.15, -0.1) is 11.3 Å². The smallest absolute Gasteiger partial charge is 0.279 e. The van der Waals surface area contributed by atoms with Crippen molar-refractivity contribution >= 4 is 32.0 Å². The molecule has 0 aliphatic carbocycles. The first-order valence-corrected chi connectivity index (χ1v) is 9.59. The summed E-state index contributed by atoms with van der Waals surface area (Å²) in [6.07, 6.45) is 1.60. The van der Waals surface area contributed by atoms with Gasteiger partial charge >= 0.3 is 0 Å². The zero-order valence-corrected chi connectivity index (χ0v) is 15.4. The Kier molecular flexibility index (Phi) is 3.97. The molecule has 0 amide bonds. The monoisotopic (exact) mass is 363 g/mol. The van der Waals surface area contributed by atoms with E-state index in [4.69, 9.17) is 0 Å². The molecule has 0 atom stereocenters. The van der Waals surface area contributed by atoms with Crippen molar-refractivity contribution in [2.24, 2.45) is 0 Å². The number of nitrogens with zero attached hydrogens (tertiary/aromatic N) is 2. The first-order chi connectivity index (χ1) is 11.2. The Bertz CT molecular complexity index is 1110. The molecule has 2 heterocycles. The van der Waals surface area contributed by atoms with Gasteiger partial charge in [0.2, 0.25) is 0 Å². The van der Waals surface area contributed by atoms with Gasteiger partial charge in [-0.25, -0.2) is 13.4 Å². The zero-order chi connectivity index (χ0) is 17.6. The Labute approximate surface area is 143 Å². The van der Waals surface area contributed by atoms with Gasteiger partial charge in [-0.2, -0.15) is 0 Å². The molecular formula is C16H17N3O3S2. The number of rotatable bonds is 3. The third kappa shape index (κ3) is 2.71. The van der Waals surface area contributed by atoms with Gasteiger partial charge in [0.1, 0.15) is 0 Å². The van der Waals surface area contributed by atoms with E-state index >= 15 is 0 Å². The molecule has 6 nitrogen and oxygen atoms in total. The van der Waals surface area contributed by atoms with Crippen LogP contribution in [0.4, 0.5) is 5.69 Å². The molecule has 1 N–H and O–H groups in total. The van der Waals surface area contributed by atoms with Crippen LogP contribution in [0.5, 0.6) is 0 Å². The van der Waals surface area contributed by atoms with Crippen molar-refractivity contribution in [1.29, 1.82) is 0 Å². The molecule has 0 fully saturated rings. The molecule has 0 unspecified atom stereocenters. The molecule has 1 aromatic carbocycles. The van der Waals surface area contributed by atoms with Crippen molar-refractivity contribution in [1.82, 2.24) is 9.38 Å². The van der Waals surface area contributed by atoms with E-state index in [-0.39, 0.29) is 10.6 Å². The molecule has 0 aliphatic rings. The number of nitrogens with one attached hydrogen (secondary N) is 1. The van der Waals surface area contributed by atoms with Crippen LogP contribution in [0.15, 0.2) is 34.1 Å². The van der Waals surface area contributed by atoms with Gasteiger partial charge in [0.25, 0.3) is 15.6 Å². The molecule has 0 radical (unpaired) electrons. The maximum atomic E-state index is 12.8. The summed E-state index contributed by atoms with van der Waals surface area (Å²) in [7, 11) is -4.04. The van der Waals surface area contributed by atoms with Crippen LogP contribution in [0.3, 0.4) is 0 Å². The predicted molar refractivity (Wildman–Crippen MR) is 95.5 cm³/mol. The van der Waals surface area contributed by atoms with E-state index in [1.165, 1.54) is 22.7 Å². The molecule has 0 saturated carbocycles. The van der Waals surface area contributed by atoms with Crippen LogP contribution in [-0.4, -0.2) is 17.8 Å². The van der Waals surface area contributed by atoms with Gasteiger partial charge < -0.3 is 0 Å². The van der Waals surface area contributed by atoms with Gasteiger partial charge in [-0.05, 0) is 44.9 Å². The second-order valence-electron chi connectivity index (χ2n) is 5.68. The molecule has 3 rings (SSSR count). The van der Waals surface area contributed by atoms with Gasteiger partial charge in [-0.1, -0.05) is 12.1 Å². The van der Waals surface area contributed by atoms with Crippen LogP contribution in [0.1, 0.15) is 21.7 Å². The lowest BCUT2D eigenvalue weighted by Gasteiger charge is -2.13. The van der Waals surface area contributed by atoms with Gasteiger partial charge in [-0.3, -0.25) is 13.9 Å². The fourth-order valence-corrected chi connectivity index (χ4v) is 4.74. The number of hydrogen-bond acceptors (Lipinski definition) is 5. The topological polar surface area (TPSA) is 80.5 Å². The Hall–Kier alpha value is -2.19. The Morgan fingerprint density at radius 1 is 1.17 bits per heavy atom. The fraction of sp³-hybridized carbons (Fsp3) is 0.250. The highest BCUT2D eigenvalue weighted by atomic mass is 32.2. The van der Waals surface area contributed by atoms with E-state index in [0.29, 0.717) is 10.6 Å². The van der Waals surface area contributed by atoms with E-state index < -0.39 is 15.6 Å². The summed E-state index contributed by atoms with van der Waals surface area (Å²) in [6.45, 7) is 7.11. The zero-order valence-electron chi connectivity index (χ0n) is 13.7.